The van der Waals surface area contributed by atoms with Crippen LogP contribution in [0.15, 0.2) is 55.0 Å². The number of halogens is 3. The van der Waals surface area contributed by atoms with Gasteiger partial charge in [0.25, 0.3) is 0 Å². The summed E-state index contributed by atoms with van der Waals surface area (Å²) in [6, 6.07) is 8.24. The molecule has 0 bridgehead atoms. The van der Waals surface area contributed by atoms with Crippen LogP contribution >= 0.6 is 0 Å². The van der Waals surface area contributed by atoms with Gasteiger partial charge >= 0.3 is 6.36 Å². The van der Waals surface area contributed by atoms with E-state index in [9.17, 15) is 27.6 Å². The van der Waals surface area contributed by atoms with Crippen molar-refractivity contribution >= 4 is 34.3 Å². The number of hydrogen-bond donors (Lipinski definition) is 1. The smallest absolute Gasteiger partial charge is 0.388 e. The molecule has 2 aliphatic rings. The number of pyridine rings is 1. The Labute approximate surface area is 243 Å². The molecule has 1 saturated carbocycles. The first-order valence-electron chi connectivity index (χ1n) is 13.6. The predicted octanol–water partition coefficient (Wildman–Crippen LogP) is 4.92. The second-order valence-corrected chi connectivity index (χ2v) is 11.3. The maximum Gasteiger partial charge on any atom is 0.574 e. The van der Waals surface area contributed by atoms with E-state index in [0.717, 1.165) is 23.6 Å². The molecule has 2 fully saturated rings. The number of Topliss-reactive ketones (excluding diaryl/α,β-unsaturated/α-hetero) is 1. The number of aryl methyl sites for hydroxylation is 1. The van der Waals surface area contributed by atoms with E-state index in [0.29, 0.717) is 28.7 Å². The van der Waals surface area contributed by atoms with Gasteiger partial charge in [-0.3, -0.25) is 14.4 Å². The molecule has 10 nitrogen and oxygen atoms in total. The zero-order chi connectivity index (χ0) is 30.7. The van der Waals surface area contributed by atoms with Crippen molar-refractivity contribution in [3.8, 4) is 17.0 Å². The van der Waals surface area contributed by atoms with Crippen molar-refractivity contribution in [3.63, 3.8) is 0 Å². The fraction of sp³-hybridized carbons (Fsp3) is 0.333. The van der Waals surface area contributed by atoms with Crippen LogP contribution in [0.25, 0.3) is 22.0 Å². The van der Waals surface area contributed by atoms with Crippen LogP contribution < -0.4 is 10.1 Å². The Balaban J connectivity index is 1.25. The molecule has 13 heteroatoms. The number of likely N-dealkylation sites (tertiary alicyclic amines) is 1. The summed E-state index contributed by atoms with van der Waals surface area (Å²) in [5, 5.41) is 3.22. The summed E-state index contributed by atoms with van der Waals surface area (Å²) in [7, 11) is 0. The monoisotopic (exact) mass is 592 g/mol. The highest BCUT2D eigenvalue weighted by molar-refractivity contribution is 6.08. The molecule has 1 aliphatic heterocycles. The number of benzene rings is 1. The highest BCUT2D eigenvalue weighted by atomic mass is 19.4. The lowest BCUT2D eigenvalue weighted by molar-refractivity contribution is -0.276. The molecule has 1 aromatic carbocycles. The van der Waals surface area contributed by atoms with Gasteiger partial charge in [-0.1, -0.05) is 19.1 Å². The molecule has 4 heterocycles. The minimum Gasteiger partial charge on any atom is -0.388 e. The van der Waals surface area contributed by atoms with Crippen molar-refractivity contribution < 1.29 is 32.3 Å². The summed E-state index contributed by atoms with van der Waals surface area (Å²) >= 11 is 0. The molecular formula is C30H27F3N6O4. The molecular weight excluding hydrogens is 565 g/mol. The average Bonchev–Trinajstić information content (AvgIpc) is 3.30. The number of aromatic nitrogens is 4. The quantitative estimate of drug-likeness (QED) is 0.303. The predicted molar refractivity (Wildman–Crippen MR) is 149 cm³/mol. The van der Waals surface area contributed by atoms with E-state index in [1.807, 2.05) is 25.1 Å². The molecule has 0 spiro atoms. The number of alkyl halides is 3. The lowest BCUT2D eigenvalue weighted by Gasteiger charge is -2.27. The van der Waals surface area contributed by atoms with Crippen molar-refractivity contribution in [3.05, 3.63) is 66.4 Å². The highest BCUT2D eigenvalue weighted by Gasteiger charge is 2.64. The molecule has 3 aromatic heterocycles. The van der Waals surface area contributed by atoms with Gasteiger partial charge in [0.05, 0.1) is 0 Å². The van der Waals surface area contributed by atoms with E-state index in [4.69, 9.17) is 0 Å². The van der Waals surface area contributed by atoms with E-state index < -0.39 is 24.2 Å². The maximum atomic E-state index is 13.8. The Morgan fingerprint density at radius 3 is 2.53 bits per heavy atom. The zero-order valence-corrected chi connectivity index (χ0v) is 23.5. The van der Waals surface area contributed by atoms with Gasteiger partial charge < -0.3 is 19.5 Å². The van der Waals surface area contributed by atoms with Crippen LogP contribution in [0.2, 0.25) is 0 Å². The van der Waals surface area contributed by atoms with Gasteiger partial charge in [-0.25, -0.2) is 9.97 Å². The van der Waals surface area contributed by atoms with Gasteiger partial charge in [-0.15, -0.1) is 13.2 Å². The van der Waals surface area contributed by atoms with Gasteiger partial charge in [0.15, 0.2) is 5.78 Å². The molecule has 1 N–H and O–H groups in total. The maximum absolute atomic E-state index is 13.8. The first kappa shape index (κ1) is 28.3. The molecule has 6 rings (SSSR count). The van der Waals surface area contributed by atoms with Crippen LogP contribution in [-0.2, 0) is 16.1 Å². The SMILES string of the molecule is CC(=O)c1cn(CC(=O)N2[C@H](C(=O)Nc3cccc(OC(F)(F)F)n3)C[C@@]3(C)C[C@@H]23)c2ccc(-c3cnc(C)nc3)cc12. The number of ketones is 1. The molecule has 222 valence electrons. The van der Waals surface area contributed by atoms with E-state index >= 15 is 0 Å². The molecule has 43 heavy (non-hydrogen) atoms. The Morgan fingerprint density at radius 1 is 1.09 bits per heavy atom. The third-order valence-electron chi connectivity index (χ3n) is 8.10. The summed E-state index contributed by atoms with van der Waals surface area (Å²) in [5.74, 6) is -1.21. The van der Waals surface area contributed by atoms with Crippen LogP contribution in [0.4, 0.5) is 19.0 Å². The number of nitrogens with one attached hydrogen (secondary N) is 1. The largest absolute Gasteiger partial charge is 0.574 e. The van der Waals surface area contributed by atoms with Gasteiger partial charge in [0, 0.05) is 52.7 Å². The van der Waals surface area contributed by atoms with Crippen molar-refractivity contribution in [2.45, 2.75) is 58.6 Å². The second-order valence-electron chi connectivity index (χ2n) is 11.3. The first-order chi connectivity index (χ1) is 20.3. The molecule has 0 radical (unpaired) electrons. The van der Waals surface area contributed by atoms with E-state index in [1.165, 1.54) is 19.1 Å². The van der Waals surface area contributed by atoms with Gasteiger partial charge in [-0.2, -0.15) is 4.98 Å². The molecule has 1 aliphatic carbocycles. The van der Waals surface area contributed by atoms with Crippen molar-refractivity contribution in [1.29, 1.82) is 0 Å². The second kappa shape index (κ2) is 10.2. The summed E-state index contributed by atoms with van der Waals surface area (Å²) in [5.41, 5.74) is 2.51. The van der Waals surface area contributed by atoms with E-state index in [1.54, 1.807) is 35.0 Å². The van der Waals surface area contributed by atoms with Gasteiger partial charge in [0.2, 0.25) is 17.7 Å². The Morgan fingerprint density at radius 2 is 1.84 bits per heavy atom. The number of carbonyl (C=O) groups is 3. The number of rotatable bonds is 7. The minimum atomic E-state index is -4.93. The minimum absolute atomic E-state index is 0.111. The van der Waals surface area contributed by atoms with Crippen LogP contribution in [0, 0.1) is 12.3 Å². The molecule has 2 amide bonds. The van der Waals surface area contributed by atoms with E-state index in [-0.39, 0.29) is 35.5 Å². The number of nitrogens with zero attached hydrogens (tertiary/aromatic N) is 5. The van der Waals surface area contributed by atoms with E-state index in [2.05, 4.69) is 25.0 Å². The van der Waals surface area contributed by atoms with Gasteiger partial charge in [-0.05, 0) is 55.9 Å². The molecule has 4 aromatic rings. The first-order valence-corrected chi connectivity index (χ1v) is 13.6. The highest BCUT2D eigenvalue weighted by Crippen LogP contribution is 2.59. The fourth-order valence-electron chi connectivity index (χ4n) is 5.89. The summed E-state index contributed by atoms with van der Waals surface area (Å²) in [4.78, 5) is 53.4. The normalized spacial score (nSPS) is 21.0. The summed E-state index contributed by atoms with van der Waals surface area (Å²) < 4.78 is 43.4. The lowest BCUT2D eigenvalue weighted by atomic mass is 10.0. The molecule has 0 unspecified atom stereocenters. The lowest BCUT2D eigenvalue weighted by Crippen LogP contribution is -2.46. The van der Waals surface area contributed by atoms with Crippen molar-refractivity contribution in [1.82, 2.24) is 24.4 Å². The number of amides is 2. The Hall–Kier alpha value is -4.81. The average molecular weight is 593 g/mol. The van der Waals surface area contributed by atoms with Crippen molar-refractivity contribution in [2.24, 2.45) is 5.41 Å². The standard InChI is InChI=1S/C30H27F3N6O4/c1-16(40)21-14-38(22-8-7-18(9-20(21)22)19-12-34-17(2)35-13-19)15-27(41)39-23(10-29(3)11-24(29)39)28(42)37-25-5-4-6-26(36-25)43-30(31,32)33/h4-9,12-14,23-24H,10-11,15H2,1-3H3,(H,36,37,42)/t23-,24+,29-/m0/s1. The summed E-state index contributed by atoms with van der Waals surface area (Å²) in [6.07, 6.45) is 1.27. The van der Waals surface area contributed by atoms with Crippen molar-refractivity contribution in [2.75, 3.05) is 5.32 Å². The van der Waals surface area contributed by atoms with Crippen LogP contribution in [0.1, 0.15) is 42.9 Å². The Bertz CT molecular complexity index is 1770. The number of ether oxygens (including phenoxy) is 1. The molecule has 3 atom stereocenters. The number of fused-ring (bicyclic) bond motifs is 2. The zero-order valence-electron chi connectivity index (χ0n) is 23.5. The third-order valence-corrected chi connectivity index (χ3v) is 8.10. The third kappa shape index (κ3) is 5.54. The number of piperidine rings is 1. The Kier molecular flexibility index (Phi) is 6.70. The van der Waals surface area contributed by atoms with Crippen LogP contribution in [0.5, 0.6) is 5.88 Å². The topological polar surface area (TPSA) is 119 Å². The number of anilines is 1. The molecule has 1 saturated heterocycles. The van der Waals surface area contributed by atoms with Crippen LogP contribution in [-0.4, -0.2) is 60.5 Å². The fourth-order valence-corrected chi connectivity index (χ4v) is 5.89. The number of carbonyl (C=O) groups excluding carboxylic acids is 3. The number of hydrogen-bond acceptors (Lipinski definition) is 7. The van der Waals surface area contributed by atoms with Crippen LogP contribution in [0.3, 0.4) is 0 Å². The summed E-state index contributed by atoms with van der Waals surface area (Å²) in [6.45, 7) is 5.14. The van der Waals surface area contributed by atoms with Gasteiger partial charge in [0.1, 0.15) is 24.2 Å².